The molecule has 1 heteroatoms. The Morgan fingerprint density at radius 1 is 1.50 bits per heavy atom. The van der Waals surface area contributed by atoms with Gasteiger partial charge in [-0.3, -0.25) is 0 Å². The first kappa shape index (κ1) is 8.09. The second-order valence-corrected chi connectivity index (χ2v) is 2.71. The van der Waals surface area contributed by atoms with E-state index in [1.54, 1.807) is 0 Å². The molecule has 48 valence electrons. The fourth-order valence-electron chi connectivity index (χ4n) is 0.392. The molecule has 8 heavy (non-hydrogen) atoms. The summed E-state index contributed by atoms with van der Waals surface area (Å²) >= 11 is 1.90. The van der Waals surface area contributed by atoms with Gasteiger partial charge in [-0.25, -0.2) is 0 Å². The van der Waals surface area contributed by atoms with Crippen LogP contribution in [0.5, 0.6) is 0 Å². The summed E-state index contributed by atoms with van der Waals surface area (Å²) in [5.74, 6) is 1.28. The molecule has 0 fully saturated rings. The van der Waals surface area contributed by atoms with Gasteiger partial charge < -0.3 is 0 Å². The zero-order valence-electron chi connectivity index (χ0n) is 5.68. The highest BCUT2D eigenvalue weighted by atomic mass is 32.2. The third-order valence-corrected chi connectivity index (χ3v) is 1.84. The molecular formula is C7H14S. The number of unbranched alkanes of at least 4 members (excludes halogenated alkanes) is 1. The van der Waals surface area contributed by atoms with Gasteiger partial charge in [-0.2, -0.15) is 0 Å². The van der Waals surface area contributed by atoms with Gasteiger partial charge in [-0.05, 0) is 24.5 Å². The van der Waals surface area contributed by atoms with Crippen LogP contribution in [0.25, 0.3) is 0 Å². The first-order valence-corrected chi connectivity index (χ1v) is 4.19. The Bertz CT molecular complexity index is 57.4. The second kappa shape index (κ2) is 7.09. The Hall–Kier alpha value is 0.0900. The van der Waals surface area contributed by atoms with Crippen LogP contribution in [-0.4, -0.2) is 5.75 Å². The molecule has 0 N–H and O–H groups in total. The van der Waals surface area contributed by atoms with Gasteiger partial charge in [0, 0.05) is 0 Å². The Kier molecular flexibility index (Phi) is 7.17. The van der Waals surface area contributed by atoms with Crippen molar-refractivity contribution in [3.63, 3.8) is 0 Å². The van der Waals surface area contributed by atoms with Crippen molar-refractivity contribution in [1.82, 2.24) is 0 Å². The highest BCUT2D eigenvalue weighted by Gasteiger charge is 1.78. The molecule has 0 rings (SSSR count). The fourth-order valence-corrected chi connectivity index (χ4v) is 1.18. The fraction of sp³-hybridized carbons (Fsp3) is 0.714. The minimum Gasteiger partial charge on any atom is -0.134 e. The van der Waals surface area contributed by atoms with Gasteiger partial charge >= 0.3 is 0 Å². The van der Waals surface area contributed by atoms with Crippen LogP contribution in [0.3, 0.4) is 0 Å². The van der Waals surface area contributed by atoms with E-state index in [2.05, 4.69) is 25.3 Å². The molecule has 0 aromatic rings. The molecule has 0 aromatic heterocycles. The Labute approximate surface area is 56.4 Å². The molecule has 0 unspecified atom stereocenters. The standard InChI is InChI=1S/C7H14S/c1-3-5-7-8-6-4-2/h4,6H,3,5,7H2,1-2H3/b6-4+. The molecule has 0 saturated heterocycles. The van der Waals surface area contributed by atoms with Crippen molar-refractivity contribution in [2.75, 3.05) is 5.75 Å². The molecule has 0 heterocycles. The molecule has 0 aromatic carbocycles. The Morgan fingerprint density at radius 2 is 2.25 bits per heavy atom. The summed E-state index contributed by atoms with van der Waals surface area (Å²) in [6.07, 6.45) is 4.74. The van der Waals surface area contributed by atoms with E-state index in [0.717, 1.165) is 0 Å². The van der Waals surface area contributed by atoms with Gasteiger partial charge in [0.2, 0.25) is 0 Å². The SMILES string of the molecule is C/C=C/SCCCC. The maximum absolute atomic E-state index is 2.22. The lowest BCUT2D eigenvalue weighted by molar-refractivity contribution is 0.898. The van der Waals surface area contributed by atoms with E-state index in [4.69, 9.17) is 0 Å². The van der Waals surface area contributed by atoms with E-state index < -0.39 is 0 Å². The Morgan fingerprint density at radius 3 is 2.75 bits per heavy atom. The van der Waals surface area contributed by atoms with Crippen LogP contribution >= 0.6 is 11.8 Å². The molecule has 0 nitrogen and oxygen atoms in total. The summed E-state index contributed by atoms with van der Waals surface area (Å²) in [4.78, 5) is 0. The third kappa shape index (κ3) is 6.09. The van der Waals surface area contributed by atoms with E-state index in [1.165, 1.54) is 18.6 Å². The normalized spacial score (nSPS) is 10.8. The lowest BCUT2D eigenvalue weighted by atomic mass is 10.4. The van der Waals surface area contributed by atoms with Crippen LogP contribution in [0.2, 0.25) is 0 Å². The predicted molar refractivity (Wildman–Crippen MR) is 42.2 cm³/mol. The van der Waals surface area contributed by atoms with Crippen LogP contribution < -0.4 is 0 Å². The van der Waals surface area contributed by atoms with Crippen molar-refractivity contribution in [3.05, 3.63) is 11.5 Å². The predicted octanol–water partition coefficient (Wildman–Crippen LogP) is 3.05. The van der Waals surface area contributed by atoms with Gasteiger partial charge in [0.25, 0.3) is 0 Å². The molecule has 0 spiro atoms. The molecule has 0 saturated carbocycles. The van der Waals surface area contributed by atoms with Crippen LogP contribution in [0.4, 0.5) is 0 Å². The van der Waals surface area contributed by atoms with E-state index in [9.17, 15) is 0 Å². The lowest BCUT2D eigenvalue weighted by Crippen LogP contribution is -1.71. The van der Waals surface area contributed by atoms with Crippen LogP contribution in [-0.2, 0) is 0 Å². The quantitative estimate of drug-likeness (QED) is 0.527. The molecule has 0 radical (unpaired) electrons. The first-order chi connectivity index (χ1) is 3.91. The van der Waals surface area contributed by atoms with Gasteiger partial charge in [0.05, 0.1) is 0 Å². The van der Waals surface area contributed by atoms with Crippen molar-refractivity contribution >= 4 is 11.8 Å². The smallest absolute Gasteiger partial charge is 0.00262 e. The van der Waals surface area contributed by atoms with Gasteiger partial charge in [0.1, 0.15) is 0 Å². The van der Waals surface area contributed by atoms with Crippen LogP contribution in [0.1, 0.15) is 26.7 Å². The average molecular weight is 130 g/mol. The maximum atomic E-state index is 2.22. The molecule has 0 atom stereocenters. The van der Waals surface area contributed by atoms with Gasteiger partial charge in [0.15, 0.2) is 0 Å². The van der Waals surface area contributed by atoms with E-state index >= 15 is 0 Å². The zero-order valence-corrected chi connectivity index (χ0v) is 6.50. The highest BCUT2D eigenvalue weighted by Crippen LogP contribution is 2.04. The van der Waals surface area contributed by atoms with Crippen molar-refractivity contribution in [2.24, 2.45) is 0 Å². The minimum absolute atomic E-state index is 1.28. The Balaban J connectivity index is 2.72. The topological polar surface area (TPSA) is 0 Å². The van der Waals surface area contributed by atoms with E-state index in [1.807, 2.05) is 11.8 Å². The molecule has 0 bridgehead atoms. The molecule has 0 aliphatic rings. The molecule has 0 aliphatic heterocycles. The first-order valence-electron chi connectivity index (χ1n) is 3.14. The summed E-state index contributed by atoms with van der Waals surface area (Å²) in [5, 5.41) is 2.15. The molecular weight excluding hydrogens is 116 g/mol. The van der Waals surface area contributed by atoms with E-state index in [-0.39, 0.29) is 0 Å². The van der Waals surface area contributed by atoms with Crippen LogP contribution in [0.15, 0.2) is 11.5 Å². The number of allylic oxidation sites excluding steroid dienone is 1. The highest BCUT2D eigenvalue weighted by molar-refractivity contribution is 8.02. The van der Waals surface area contributed by atoms with Gasteiger partial charge in [-0.15, -0.1) is 11.8 Å². The summed E-state index contributed by atoms with van der Waals surface area (Å²) < 4.78 is 0. The van der Waals surface area contributed by atoms with Crippen molar-refractivity contribution < 1.29 is 0 Å². The third-order valence-electron chi connectivity index (χ3n) is 0.848. The summed E-state index contributed by atoms with van der Waals surface area (Å²) in [6, 6.07) is 0. The van der Waals surface area contributed by atoms with Crippen molar-refractivity contribution in [2.45, 2.75) is 26.7 Å². The average Bonchev–Trinajstić information content (AvgIpc) is 1.81. The maximum Gasteiger partial charge on any atom is -0.00262 e. The molecule has 0 aliphatic carbocycles. The summed E-state index contributed by atoms with van der Waals surface area (Å²) in [7, 11) is 0. The number of rotatable bonds is 4. The summed E-state index contributed by atoms with van der Waals surface area (Å²) in [5.41, 5.74) is 0. The minimum atomic E-state index is 1.28. The monoisotopic (exact) mass is 130 g/mol. The number of hydrogen-bond acceptors (Lipinski definition) is 1. The molecule has 0 amide bonds. The second-order valence-electron chi connectivity index (χ2n) is 1.69. The number of thioether (sulfide) groups is 1. The van der Waals surface area contributed by atoms with E-state index in [0.29, 0.717) is 0 Å². The largest absolute Gasteiger partial charge is 0.134 e. The summed E-state index contributed by atoms with van der Waals surface area (Å²) in [6.45, 7) is 4.27. The van der Waals surface area contributed by atoms with Crippen molar-refractivity contribution in [1.29, 1.82) is 0 Å². The van der Waals surface area contributed by atoms with Crippen LogP contribution in [0, 0.1) is 0 Å². The zero-order chi connectivity index (χ0) is 6.24. The lowest BCUT2D eigenvalue weighted by Gasteiger charge is -1.88. The van der Waals surface area contributed by atoms with Crippen molar-refractivity contribution in [3.8, 4) is 0 Å². The van der Waals surface area contributed by atoms with Gasteiger partial charge in [-0.1, -0.05) is 19.4 Å². The number of hydrogen-bond donors (Lipinski definition) is 0.